The minimum Gasteiger partial charge on any atom is -0.374 e. The Morgan fingerprint density at radius 3 is 2.62 bits per heavy atom. The molecule has 94 valence electrons. The van der Waals surface area contributed by atoms with Gasteiger partial charge in [0, 0.05) is 31.7 Å². The molecule has 16 heavy (non-hydrogen) atoms. The number of hydrogen-bond donors (Lipinski definition) is 1. The molecule has 2 heterocycles. The zero-order valence-corrected chi connectivity index (χ0v) is 10.7. The molecule has 0 unspecified atom stereocenters. The third kappa shape index (κ3) is 2.76. The summed E-state index contributed by atoms with van der Waals surface area (Å²) >= 11 is 0. The predicted molar refractivity (Wildman–Crippen MR) is 66.7 cm³/mol. The van der Waals surface area contributed by atoms with E-state index in [1.165, 1.54) is 32.2 Å². The molecule has 1 N–H and O–H groups in total. The van der Waals surface area contributed by atoms with Crippen LogP contribution in [-0.2, 0) is 4.74 Å². The molecule has 0 spiro atoms. The molecule has 0 aromatic rings. The number of fused-ring (bicyclic) bond motifs is 1. The summed E-state index contributed by atoms with van der Waals surface area (Å²) in [5.74, 6) is 0. The van der Waals surface area contributed by atoms with Crippen LogP contribution < -0.4 is 5.32 Å². The van der Waals surface area contributed by atoms with E-state index >= 15 is 0 Å². The number of nitrogens with one attached hydrogen (secondary N) is 1. The normalized spacial score (nSPS) is 30.9. The molecule has 0 aliphatic carbocycles. The maximum atomic E-state index is 5.83. The molecular weight excluding hydrogens is 200 g/mol. The van der Waals surface area contributed by atoms with Crippen LogP contribution in [0.3, 0.4) is 0 Å². The van der Waals surface area contributed by atoms with Crippen molar-refractivity contribution in [3.05, 3.63) is 0 Å². The van der Waals surface area contributed by atoms with Crippen LogP contribution >= 0.6 is 0 Å². The number of rotatable bonds is 5. The Morgan fingerprint density at radius 2 is 2.00 bits per heavy atom. The van der Waals surface area contributed by atoms with Gasteiger partial charge in [0.25, 0.3) is 0 Å². The van der Waals surface area contributed by atoms with Gasteiger partial charge < -0.3 is 10.1 Å². The highest BCUT2D eigenvalue weighted by molar-refractivity contribution is 4.94. The number of nitrogens with zero attached hydrogens (tertiary/aromatic N) is 1. The largest absolute Gasteiger partial charge is 0.374 e. The molecule has 0 aromatic heterocycles. The number of likely N-dealkylation sites (tertiary alicyclic amines) is 1. The van der Waals surface area contributed by atoms with Gasteiger partial charge in [-0.2, -0.15) is 0 Å². The highest BCUT2D eigenvalue weighted by Gasteiger charge is 2.37. The molecule has 2 aliphatic rings. The molecule has 2 fully saturated rings. The van der Waals surface area contributed by atoms with Gasteiger partial charge in [-0.15, -0.1) is 0 Å². The van der Waals surface area contributed by atoms with Crippen molar-refractivity contribution < 1.29 is 4.74 Å². The van der Waals surface area contributed by atoms with Crippen LogP contribution in [0, 0.1) is 0 Å². The van der Waals surface area contributed by atoms with E-state index in [1.54, 1.807) is 0 Å². The van der Waals surface area contributed by atoms with Gasteiger partial charge in [-0.1, -0.05) is 26.7 Å². The third-order valence-electron chi connectivity index (χ3n) is 3.90. The zero-order chi connectivity index (χ0) is 11.4. The molecule has 2 saturated heterocycles. The van der Waals surface area contributed by atoms with Crippen LogP contribution in [0.4, 0.5) is 0 Å². The van der Waals surface area contributed by atoms with Crippen molar-refractivity contribution in [3.63, 3.8) is 0 Å². The summed E-state index contributed by atoms with van der Waals surface area (Å²) in [4.78, 5) is 2.65. The average Bonchev–Trinajstić information content (AvgIpc) is 2.72. The monoisotopic (exact) mass is 226 g/mol. The first-order valence-corrected chi connectivity index (χ1v) is 6.94. The topological polar surface area (TPSA) is 24.5 Å². The summed E-state index contributed by atoms with van der Waals surface area (Å²) in [6.07, 6.45) is 5.72. The minimum absolute atomic E-state index is 0.449. The fourth-order valence-electron chi connectivity index (χ4n) is 3.10. The minimum atomic E-state index is 0.449. The highest BCUT2D eigenvalue weighted by Crippen LogP contribution is 2.22. The fraction of sp³-hybridized carbons (Fsp3) is 1.00. The van der Waals surface area contributed by atoms with Gasteiger partial charge in [0.2, 0.25) is 0 Å². The van der Waals surface area contributed by atoms with E-state index in [9.17, 15) is 0 Å². The summed E-state index contributed by atoms with van der Waals surface area (Å²) in [5, 5.41) is 3.58. The van der Waals surface area contributed by atoms with Crippen molar-refractivity contribution in [2.75, 3.05) is 26.2 Å². The van der Waals surface area contributed by atoms with Crippen LogP contribution in [0.5, 0.6) is 0 Å². The second-order valence-electron chi connectivity index (χ2n) is 5.15. The second-order valence-corrected chi connectivity index (χ2v) is 5.15. The standard InChI is InChI=1S/C13H26N2O/c1-3-5-11(6-4-2)15-9-12-13(10-15)16-8-7-14-12/h11-14H,3-10H2,1-2H3/t12-,13+/m1/s1. The first kappa shape index (κ1) is 12.3. The van der Waals surface area contributed by atoms with E-state index in [0.29, 0.717) is 12.1 Å². The van der Waals surface area contributed by atoms with Crippen LogP contribution in [0.15, 0.2) is 0 Å². The van der Waals surface area contributed by atoms with Crippen molar-refractivity contribution in [3.8, 4) is 0 Å². The SMILES string of the molecule is CCCC(CCC)N1C[C@@H]2OCCN[C@@H]2C1. The lowest BCUT2D eigenvalue weighted by Crippen LogP contribution is -2.47. The average molecular weight is 226 g/mol. The maximum absolute atomic E-state index is 5.83. The summed E-state index contributed by atoms with van der Waals surface area (Å²) in [6, 6.07) is 1.37. The smallest absolute Gasteiger partial charge is 0.0867 e. The van der Waals surface area contributed by atoms with Crippen molar-refractivity contribution in [2.45, 2.75) is 57.7 Å². The Balaban J connectivity index is 1.88. The molecule has 0 radical (unpaired) electrons. The number of hydrogen-bond acceptors (Lipinski definition) is 3. The van der Waals surface area contributed by atoms with Gasteiger partial charge in [0.15, 0.2) is 0 Å². The second kappa shape index (κ2) is 5.99. The fourth-order valence-corrected chi connectivity index (χ4v) is 3.10. The van der Waals surface area contributed by atoms with Crippen molar-refractivity contribution in [1.29, 1.82) is 0 Å². The van der Waals surface area contributed by atoms with Crippen molar-refractivity contribution in [2.24, 2.45) is 0 Å². The van der Waals surface area contributed by atoms with Gasteiger partial charge in [0.1, 0.15) is 0 Å². The summed E-state index contributed by atoms with van der Waals surface area (Å²) in [6.45, 7) is 8.83. The maximum Gasteiger partial charge on any atom is 0.0867 e. The number of ether oxygens (including phenoxy) is 1. The molecule has 3 nitrogen and oxygen atoms in total. The third-order valence-corrected chi connectivity index (χ3v) is 3.90. The van der Waals surface area contributed by atoms with Gasteiger partial charge in [-0.3, -0.25) is 4.90 Å². The first-order chi connectivity index (χ1) is 7.85. The van der Waals surface area contributed by atoms with E-state index in [-0.39, 0.29) is 0 Å². The molecule has 0 saturated carbocycles. The highest BCUT2D eigenvalue weighted by atomic mass is 16.5. The molecule has 0 aromatic carbocycles. The summed E-state index contributed by atoms with van der Waals surface area (Å²) in [7, 11) is 0. The molecule has 3 heteroatoms. The van der Waals surface area contributed by atoms with Gasteiger partial charge in [-0.05, 0) is 12.8 Å². The summed E-state index contributed by atoms with van der Waals surface area (Å²) < 4.78 is 5.83. The molecule has 0 amide bonds. The Bertz CT molecular complexity index is 190. The van der Waals surface area contributed by atoms with Gasteiger partial charge in [-0.25, -0.2) is 0 Å². The predicted octanol–water partition coefficient (Wildman–Crippen LogP) is 1.63. The first-order valence-electron chi connectivity index (χ1n) is 6.94. The molecule has 2 rings (SSSR count). The summed E-state index contributed by atoms with van der Waals surface area (Å²) in [5.41, 5.74) is 0. The van der Waals surface area contributed by atoms with Crippen LogP contribution in [0.2, 0.25) is 0 Å². The Kier molecular flexibility index (Phi) is 4.62. The Labute approximate surface area is 99.5 Å². The van der Waals surface area contributed by atoms with E-state index in [1.807, 2.05) is 0 Å². The van der Waals surface area contributed by atoms with Crippen LogP contribution in [0.1, 0.15) is 39.5 Å². The van der Waals surface area contributed by atoms with Crippen LogP contribution in [0.25, 0.3) is 0 Å². The zero-order valence-electron chi connectivity index (χ0n) is 10.7. The quantitative estimate of drug-likeness (QED) is 0.771. The molecule has 2 atom stereocenters. The van der Waals surface area contributed by atoms with Crippen molar-refractivity contribution in [1.82, 2.24) is 10.2 Å². The van der Waals surface area contributed by atoms with E-state index in [0.717, 1.165) is 25.7 Å². The molecule has 0 bridgehead atoms. The Hall–Kier alpha value is -0.120. The van der Waals surface area contributed by atoms with E-state index in [4.69, 9.17) is 4.74 Å². The Morgan fingerprint density at radius 1 is 1.25 bits per heavy atom. The van der Waals surface area contributed by atoms with E-state index in [2.05, 4.69) is 24.1 Å². The van der Waals surface area contributed by atoms with Crippen LogP contribution in [-0.4, -0.2) is 49.3 Å². The molecule has 2 aliphatic heterocycles. The number of morpholine rings is 1. The van der Waals surface area contributed by atoms with E-state index < -0.39 is 0 Å². The molecular formula is C13H26N2O. The lowest BCUT2D eigenvalue weighted by Gasteiger charge is -2.27. The van der Waals surface area contributed by atoms with Crippen molar-refractivity contribution >= 4 is 0 Å². The lowest BCUT2D eigenvalue weighted by molar-refractivity contribution is 0.0161. The van der Waals surface area contributed by atoms with Gasteiger partial charge >= 0.3 is 0 Å². The van der Waals surface area contributed by atoms with Gasteiger partial charge in [0.05, 0.1) is 12.7 Å². The lowest BCUT2D eigenvalue weighted by atomic mass is 10.1.